The zero-order valence-electron chi connectivity index (χ0n) is 15.4. The molecule has 0 aliphatic carbocycles. The zero-order valence-corrected chi connectivity index (χ0v) is 15.4. The van der Waals surface area contributed by atoms with Gasteiger partial charge in [0.05, 0.1) is 12.8 Å². The number of fused-ring (bicyclic) bond motifs is 1. The van der Waals surface area contributed by atoms with E-state index in [-0.39, 0.29) is 11.3 Å². The van der Waals surface area contributed by atoms with Gasteiger partial charge < -0.3 is 14.8 Å². The molecule has 3 amide bonds. The van der Waals surface area contributed by atoms with Gasteiger partial charge in [-0.15, -0.1) is 0 Å². The topological polar surface area (TPSA) is 93.7 Å². The third-order valence-electron chi connectivity index (χ3n) is 4.00. The second kappa shape index (κ2) is 8.83. The number of para-hydroxylation sites is 1. The Morgan fingerprint density at radius 3 is 2.31 bits per heavy atom. The number of ether oxygens (including phenoxy) is 2. The van der Waals surface area contributed by atoms with Gasteiger partial charge >= 0.3 is 12.0 Å². The summed E-state index contributed by atoms with van der Waals surface area (Å²) in [6.07, 6.45) is 0. The number of amides is 3. The molecule has 0 aliphatic heterocycles. The van der Waals surface area contributed by atoms with Crippen LogP contribution in [0, 0.1) is 5.82 Å². The second-order valence-electron chi connectivity index (χ2n) is 5.96. The van der Waals surface area contributed by atoms with Crippen LogP contribution >= 0.6 is 0 Å². The number of rotatable bonds is 5. The quantitative estimate of drug-likeness (QED) is 0.644. The fourth-order valence-corrected chi connectivity index (χ4v) is 2.64. The first-order chi connectivity index (χ1) is 14.0. The largest absolute Gasteiger partial charge is 0.496 e. The van der Waals surface area contributed by atoms with Gasteiger partial charge in [0, 0.05) is 0 Å². The molecule has 0 fully saturated rings. The summed E-state index contributed by atoms with van der Waals surface area (Å²) in [4.78, 5) is 36.0. The summed E-state index contributed by atoms with van der Waals surface area (Å²) in [6, 6.07) is 15.2. The Hall–Kier alpha value is -3.94. The van der Waals surface area contributed by atoms with Crippen LogP contribution in [0.25, 0.3) is 10.8 Å². The lowest BCUT2D eigenvalue weighted by Crippen LogP contribution is -2.37. The lowest BCUT2D eigenvalue weighted by Gasteiger charge is -2.11. The molecule has 8 heteroatoms. The van der Waals surface area contributed by atoms with Crippen molar-refractivity contribution in [3.8, 4) is 5.75 Å². The van der Waals surface area contributed by atoms with Crippen molar-refractivity contribution in [2.75, 3.05) is 19.0 Å². The summed E-state index contributed by atoms with van der Waals surface area (Å²) in [5.74, 6) is -2.00. The standard InChI is InChI=1S/C21H17FN2O5/c1-28-18-11-14-7-3-2-6-13(14)10-15(18)20(26)29-12-19(25)24-21(27)23-17-9-5-4-8-16(17)22/h2-11H,12H2,1H3,(H2,23,24,25,27). The maximum absolute atomic E-state index is 13.5. The number of anilines is 1. The molecule has 0 saturated carbocycles. The number of methoxy groups -OCH3 is 1. The highest BCUT2D eigenvalue weighted by Crippen LogP contribution is 2.26. The molecule has 0 atom stereocenters. The molecule has 7 nitrogen and oxygen atoms in total. The van der Waals surface area contributed by atoms with Crippen LogP contribution in [-0.4, -0.2) is 31.6 Å². The first-order valence-electron chi connectivity index (χ1n) is 8.57. The number of esters is 1. The molecule has 148 valence electrons. The number of hydrogen-bond acceptors (Lipinski definition) is 5. The predicted molar refractivity (Wildman–Crippen MR) is 104 cm³/mol. The van der Waals surface area contributed by atoms with E-state index in [0.717, 1.165) is 16.8 Å². The van der Waals surface area contributed by atoms with Crippen LogP contribution in [-0.2, 0) is 9.53 Å². The Labute approximate surface area is 165 Å². The summed E-state index contributed by atoms with van der Waals surface area (Å²) < 4.78 is 23.7. The number of urea groups is 1. The van der Waals surface area contributed by atoms with Crippen LogP contribution in [0.5, 0.6) is 5.75 Å². The van der Waals surface area contributed by atoms with Crippen LogP contribution in [0.1, 0.15) is 10.4 Å². The molecule has 29 heavy (non-hydrogen) atoms. The van der Waals surface area contributed by atoms with E-state index in [0.29, 0.717) is 5.75 Å². The lowest BCUT2D eigenvalue weighted by molar-refractivity contribution is -0.123. The fraction of sp³-hybridized carbons (Fsp3) is 0.0952. The highest BCUT2D eigenvalue weighted by Gasteiger charge is 2.17. The van der Waals surface area contributed by atoms with Gasteiger partial charge in [-0.2, -0.15) is 0 Å². The molecule has 3 rings (SSSR count). The monoisotopic (exact) mass is 396 g/mol. The lowest BCUT2D eigenvalue weighted by atomic mass is 10.1. The molecule has 0 radical (unpaired) electrons. The zero-order chi connectivity index (χ0) is 20.8. The number of hydrogen-bond donors (Lipinski definition) is 2. The van der Waals surface area contributed by atoms with E-state index < -0.39 is 30.3 Å². The number of imide groups is 1. The Morgan fingerprint density at radius 1 is 0.966 bits per heavy atom. The molecular formula is C21H17FN2O5. The van der Waals surface area contributed by atoms with Crippen molar-refractivity contribution >= 4 is 34.4 Å². The van der Waals surface area contributed by atoms with Gasteiger partial charge in [-0.1, -0.05) is 36.4 Å². The molecule has 2 N–H and O–H groups in total. The van der Waals surface area contributed by atoms with Crippen LogP contribution in [0.15, 0.2) is 60.7 Å². The predicted octanol–water partition coefficient (Wildman–Crippen LogP) is 3.49. The van der Waals surface area contributed by atoms with Gasteiger partial charge in [0.2, 0.25) is 0 Å². The van der Waals surface area contributed by atoms with Crippen molar-refractivity contribution in [2.24, 2.45) is 0 Å². The van der Waals surface area contributed by atoms with Crippen LogP contribution in [0.2, 0.25) is 0 Å². The summed E-state index contributed by atoms with van der Waals surface area (Å²) in [7, 11) is 1.42. The summed E-state index contributed by atoms with van der Waals surface area (Å²) in [6.45, 7) is -0.695. The summed E-state index contributed by atoms with van der Waals surface area (Å²) >= 11 is 0. The van der Waals surface area contributed by atoms with Crippen molar-refractivity contribution in [3.63, 3.8) is 0 Å². The molecule has 0 saturated heterocycles. The molecular weight excluding hydrogens is 379 g/mol. The molecule has 3 aromatic rings. The van der Waals surface area contributed by atoms with E-state index in [1.54, 1.807) is 12.1 Å². The Morgan fingerprint density at radius 2 is 1.62 bits per heavy atom. The first-order valence-corrected chi connectivity index (χ1v) is 8.57. The number of halogens is 1. The SMILES string of the molecule is COc1cc2ccccc2cc1C(=O)OCC(=O)NC(=O)Nc1ccccc1F. The minimum atomic E-state index is -0.945. The van der Waals surface area contributed by atoms with Crippen molar-refractivity contribution in [2.45, 2.75) is 0 Å². The van der Waals surface area contributed by atoms with E-state index in [2.05, 4.69) is 5.32 Å². The molecule has 0 bridgehead atoms. The van der Waals surface area contributed by atoms with Gasteiger partial charge in [-0.3, -0.25) is 10.1 Å². The minimum Gasteiger partial charge on any atom is -0.496 e. The fourth-order valence-electron chi connectivity index (χ4n) is 2.64. The molecule has 0 aromatic heterocycles. The smallest absolute Gasteiger partial charge is 0.342 e. The Balaban J connectivity index is 1.60. The van der Waals surface area contributed by atoms with E-state index in [1.165, 1.54) is 25.3 Å². The van der Waals surface area contributed by atoms with Gasteiger partial charge in [-0.05, 0) is 35.0 Å². The van der Waals surface area contributed by atoms with Crippen LogP contribution in [0.3, 0.4) is 0 Å². The van der Waals surface area contributed by atoms with Gasteiger partial charge in [-0.25, -0.2) is 14.0 Å². The van der Waals surface area contributed by atoms with E-state index in [4.69, 9.17) is 9.47 Å². The maximum atomic E-state index is 13.5. The number of carbonyl (C=O) groups excluding carboxylic acids is 3. The van der Waals surface area contributed by atoms with Gasteiger partial charge in [0.25, 0.3) is 5.91 Å². The molecule has 0 unspecified atom stereocenters. The molecule has 0 aliphatic rings. The van der Waals surface area contributed by atoms with E-state index >= 15 is 0 Å². The first kappa shape index (κ1) is 19.8. The van der Waals surface area contributed by atoms with Crippen molar-refractivity contribution < 1.29 is 28.2 Å². The average molecular weight is 396 g/mol. The molecule has 3 aromatic carbocycles. The third kappa shape index (κ3) is 4.86. The highest BCUT2D eigenvalue weighted by atomic mass is 19.1. The minimum absolute atomic E-state index is 0.0873. The third-order valence-corrected chi connectivity index (χ3v) is 4.00. The van der Waals surface area contributed by atoms with E-state index in [1.807, 2.05) is 29.6 Å². The number of benzene rings is 3. The number of carbonyl (C=O) groups is 3. The Kier molecular flexibility index (Phi) is 6.03. The highest BCUT2D eigenvalue weighted by molar-refractivity contribution is 6.03. The second-order valence-corrected chi connectivity index (χ2v) is 5.96. The Bertz CT molecular complexity index is 1080. The molecule has 0 spiro atoms. The normalized spacial score (nSPS) is 10.3. The molecule has 0 heterocycles. The van der Waals surface area contributed by atoms with E-state index in [9.17, 15) is 18.8 Å². The van der Waals surface area contributed by atoms with Crippen molar-refractivity contribution in [1.82, 2.24) is 5.32 Å². The van der Waals surface area contributed by atoms with Gasteiger partial charge in [0.15, 0.2) is 6.61 Å². The van der Waals surface area contributed by atoms with Crippen molar-refractivity contribution in [1.29, 1.82) is 0 Å². The summed E-state index contributed by atoms with van der Waals surface area (Å²) in [5, 5.41) is 5.83. The van der Waals surface area contributed by atoms with Crippen molar-refractivity contribution in [3.05, 3.63) is 72.0 Å². The average Bonchev–Trinajstić information content (AvgIpc) is 2.72. The number of nitrogens with one attached hydrogen (secondary N) is 2. The van der Waals surface area contributed by atoms with Crippen LogP contribution < -0.4 is 15.4 Å². The van der Waals surface area contributed by atoms with Gasteiger partial charge in [0.1, 0.15) is 17.1 Å². The van der Waals surface area contributed by atoms with Crippen LogP contribution in [0.4, 0.5) is 14.9 Å². The summed E-state index contributed by atoms with van der Waals surface area (Å²) in [5.41, 5.74) is 0.0607. The maximum Gasteiger partial charge on any atom is 0.342 e.